The van der Waals surface area contributed by atoms with Crippen molar-refractivity contribution in [1.82, 2.24) is 0 Å². The fraction of sp³-hybridized carbons (Fsp3) is 0.808. The molecule has 0 heterocycles. The van der Waals surface area contributed by atoms with E-state index in [1.54, 1.807) is 11.1 Å². The highest BCUT2D eigenvalue weighted by Crippen LogP contribution is 2.42. The first kappa shape index (κ1) is 19.5. The van der Waals surface area contributed by atoms with Crippen molar-refractivity contribution in [2.24, 2.45) is 29.6 Å². The molecule has 0 radical (unpaired) electrons. The van der Waals surface area contributed by atoms with Crippen LogP contribution in [0.25, 0.3) is 0 Å². The second-order valence-corrected chi connectivity index (χ2v) is 10.2. The molecule has 0 aromatic heterocycles. The zero-order valence-corrected chi connectivity index (χ0v) is 17.6. The highest BCUT2D eigenvalue weighted by molar-refractivity contribution is 5.84. The molecule has 27 heavy (non-hydrogen) atoms. The number of allylic oxidation sites excluding steroid dienone is 4. The Labute approximate surface area is 167 Å². The van der Waals surface area contributed by atoms with Gasteiger partial charge in [0.25, 0.3) is 0 Å². The molecule has 150 valence electrons. The van der Waals surface area contributed by atoms with E-state index in [0.29, 0.717) is 17.6 Å². The SMILES string of the molecule is CC1=C(CCCC2C=CC(C3CCC(C(=O)C4CCC4)CC3)CC2)CCC1. The largest absolute Gasteiger partial charge is 0.299 e. The quantitative estimate of drug-likeness (QED) is 0.427. The lowest BCUT2D eigenvalue weighted by atomic mass is 9.68. The normalized spacial score (nSPS) is 34.7. The van der Waals surface area contributed by atoms with E-state index in [2.05, 4.69) is 19.1 Å². The van der Waals surface area contributed by atoms with E-state index in [-0.39, 0.29) is 0 Å². The summed E-state index contributed by atoms with van der Waals surface area (Å²) in [6.45, 7) is 2.35. The van der Waals surface area contributed by atoms with Gasteiger partial charge in [0.1, 0.15) is 5.78 Å². The minimum atomic E-state index is 0.417. The van der Waals surface area contributed by atoms with Gasteiger partial charge in [-0.3, -0.25) is 4.79 Å². The minimum absolute atomic E-state index is 0.417. The van der Waals surface area contributed by atoms with Crippen LogP contribution in [0.3, 0.4) is 0 Å². The lowest BCUT2D eigenvalue weighted by Gasteiger charge is -2.36. The molecule has 0 aliphatic heterocycles. The van der Waals surface area contributed by atoms with E-state index in [9.17, 15) is 4.79 Å². The molecular weight excluding hydrogens is 328 g/mol. The third-order valence-corrected chi connectivity index (χ3v) is 8.48. The zero-order valence-electron chi connectivity index (χ0n) is 17.6. The zero-order chi connectivity index (χ0) is 18.6. The van der Waals surface area contributed by atoms with Gasteiger partial charge in [-0.2, -0.15) is 0 Å². The molecule has 2 atom stereocenters. The fourth-order valence-corrected chi connectivity index (χ4v) is 6.26. The van der Waals surface area contributed by atoms with Crippen LogP contribution in [0, 0.1) is 29.6 Å². The number of ketones is 1. The van der Waals surface area contributed by atoms with Crippen LogP contribution in [-0.2, 0) is 4.79 Å². The maximum atomic E-state index is 12.5. The Morgan fingerprint density at radius 1 is 0.889 bits per heavy atom. The summed E-state index contributed by atoms with van der Waals surface area (Å²) in [5, 5.41) is 0. The predicted molar refractivity (Wildman–Crippen MR) is 114 cm³/mol. The molecule has 0 spiro atoms. The summed E-state index contributed by atoms with van der Waals surface area (Å²) in [4.78, 5) is 12.5. The van der Waals surface area contributed by atoms with Gasteiger partial charge < -0.3 is 0 Å². The Kier molecular flexibility index (Phi) is 6.56. The van der Waals surface area contributed by atoms with Crippen molar-refractivity contribution < 1.29 is 4.79 Å². The van der Waals surface area contributed by atoms with Gasteiger partial charge in [0.15, 0.2) is 0 Å². The molecule has 2 fully saturated rings. The lowest BCUT2D eigenvalue weighted by molar-refractivity contribution is -0.130. The second kappa shape index (κ2) is 9.10. The van der Waals surface area contributed by atoms with Gasteiger partial charge in [-0.05, 0) is 115 Å². The van der Waals surface area contributed by atoms with Gasteiger partial charge in [-0.15, -0.1) is 0 Å². The van der Waals surface area contributed by atoms with Gasteiger partial charge in [0, 0.05) is 11.8 Å². The Morgan fingerprint density at radius 2 is 1.67 bits per heavy atom. The van der Waals surface area contributed by atoms with E-state index in [4.69, 9.17) is 0 Å². The highest BCUT2D eigenvalue weighted by Gasteiger charge is 2.35. The van der Waals surface area contributed by atoms with Crippen LogP contribution in [0.4, 0.5) is 0 Å². The molecule has 1 heteroatoms. The van der Waals surface area contributed by atoms with Gasteiger partial charge in [0.05, 0.1) is 0 Å². The topological polar surface area (TPSA) is 17.1 Å². The first-order chi connectivity index (χ1) is 13.2. The van der Waals surface area contributed by atoms with E-state index >= 15 is 0 Å². The van der Waals surface area contributed by atoms with Crippen molar-refractivity contribution in [2.45, 2.75) is 103 Å². The Morgan fingerprint density at radius 3 is 2.26 bits per heavy atom. The molecular formula is C26H40O. The fourth-order valence-electron chi connectivity index (χ4n) is 6.26. The number of Topliss-reactive ketones (excluding diaryl/α,β-unsaturated/α-hetero) is 1. The van der Waals surface area contributed by atoms with Crippen LogP contribution in [-0.4, -0.2) is 5.78 Å². The summed E-state index contributed by atoms with van der Waals surface area (Å²) < 4.78 is 0. The standard InChI is InChI=1S/C26H40O/c1-19-5-2-7-21(19)8-3-6-20-11-13-22(14-12-20)23-15-17-25(18-16-23)26(27)24-9-4-10-24/h11,13,20,22-25H,2-10,12,14-18H2,1H3. The van der Waals surface area contributed by atoms with E-state index in [1.807, 2.05) is 0 Å². The van der Waals surface area contributed by atoms with Crippen LogP contribution >= 0.6 is 0 Å². The number of carbonyl (C=O) groups is 1. The van der Waals surface area contributed by atoms with E-state index in [0.717, 1.165) is 17.8 Å². The van der Waals surface area contributed by atoms with Crippen molar-refractivity contribution in [3.63, 3.8) is 0 Å². The van der Waals surface area contributed by atoms with Crippen LogP contribution in [0.2, 0.25) is 0 Å². The highest BCUT2D eigenvalue weighted by atomic mass is 16.1. The molecule has 2 unspecified atom stereocenters. The number of carbonyl (C=O) groups excluding carboxylic acids is 1. The molecule has 0 aromatic rings. The first-order valence-electron chi connectivity index (χ1n) is 12.1. The molecule has 0 saturated heterocycles. The summed E-state index contributed by atoms with van der Waals surface area (Å²) in [5.74, 6) is 4.00. The van der Waals surface area contributed by atoms with E-state index < -0.39 is 0 Å². The molecule has 4 rings (SSSR count). The van der Waals surface area contributed by atoms with Crippen LogP contribution in [0.5, 0.6) is 0 Å². The monoisotopic (exact) mass is 368 g/mol. The summed E-state index contributed by atoms with van der Waals surface area (Å²) >= 11 is 0. The Balaban J connectivity index is 1.17. The maximum Gasteiger partial charge on any atom is 0.139 e. The van der Waals surface area contributed by atoms with Crippen molar-refractivity contribution in [1.29, 1.82) is 0 Å². The molecule has 4 aliphatic carbocycles. The summed E-state index contributed by atoms with van der Waals surface area (Å²) in [6.07, 6.45) is 24.8. The number of rotatable bonds is 7. The molecule has 0 bridgehead atoms. The van der Waals surface area contributed by atoms with Crippen molar-refractivity contribution in [3.05, 3.63) is 23.3 Å². The molecule has 0 N–H and O–H groups in total. The number of hydrogen-bond donors (Lipinski definition) is 0. The molecule has 2 saturated carbocycles. The Hall–Kier alpha value is -0.850. The van der Waals surface area contributed by atoms with Crippen LogP contribution < -0.4 is 0 Å². The average Bonchev–Trinajstić information content (AvgIpc) is 3.06. The molecule has 1 nitrogen and oxygen atoms in total. The maximum absolute atomic E-state index is 12.5. The second-order valence-electron chi connectivity index (χ2n) is 10.2. The van der Waals surface area contributed by atoms with Crippen molar-refractivity contribution in [2.75, 3.05) is 0 Å². The average molecular weight is 369 g/mol. The third kappa shape index (κ3) is 4.77. The smallest absolute Gasteiger partial charge is 0.139 e. The van der Waals surface area contributed by atoms with Gasteiger partial charge in [-0.1, -0.05) is 29.7 Å². The van der Waals surface area contributed by atoms with Crippen LogP contribution in [0.15, 0.2) is 23.3 Å². The van der Waals surface area contributed by atoms with Gasteiger partial charge in [-0.25, -0.2) is 0 Å². The van der Waals surface area contributed by atoms with E-state index in [1.165, 1.54) is 96.3 Å². The van der Waals surface area contributed by atoms with Crippen molar-refractivity contribution in [3.8, 4) is 0 Å². The molecule has 0 aromatic carbocycles. The predicted octanol–water partition coefficient (Wildman–Crippen LogP) is 7.42. The lowest BCUT2D eigenvalue weighted by Crippen LogP contribution is -2.32. The summed E-state index contributed by atoms with van der Waals surface area (Å²) in [6, 6.07) is 0. The Bertz CT molecular complexity index is 571. The minimum Gasteiger partial charge on any atom is -0.299 e. The van der Waals surface area contributed by atoms with Gasteiger partial charge in [0.2, 0.25) is 0 Å². The summed E-state index contributed by atoms with van der Waals surface area (Å²) in [5.41, 5.74) is 3.47. The first-order valence-corrected chi connectivity index (χ1v) is 12.1. The van der Waals surface area contributed by atoms with Gasteiger partial charge >= 0.3 is 0 Å². The summed E-state index contributed by atoms with van der Waals surface area (Å²) in [7, 11) is 0. The number of hydrogen-bond acceptors (Lipinski definition) is 1. The molecule has 0 amide bonds. The molecule has 4 aliphatic rings. The third-order valence-electron chi connectivity index (χ3n) is 8.48. The van der Waals surface area contributed by atoms with Crippen LogP contribution in [0.1, 0.15) is 103 Å². The van der Waals surface area contributed by atoms with Crippen molar-refractivity contribution >= 4 is 5.78 Å².